The number of hydrogen-bond donors (Lipinski definition) is 0. The van der Waals surface area contributed by atoms with E-state index in [1.165, 1.54) is 11.0 Å². The predicted octanol–water partition coefficient (Wildman–Crippen LogP) is 4.97. The summed E-state index contributed by atoms with van der Waals surface area (Å²) in [6.07, 6.45) is 1.47. The van der Waals surface area contributed by atoms with Crippen molar-refractivity contribution in [1.82, 2.24) is 4.98 Å². The van der Waals surface area contributed by atoms with E-state index >= 15 is 0 Å². The van der Waals surface area contributed by atoms with E-state index in [-0.39, 0.29) is 33.4 Å². The van der Waals surface area contributed by atoms with Gasteiger partial charge < -0.3 is 13.9 Å². The number of carbonyl (C=O) groups is 2. The molecule has 0 radical (unpaired) electrons. The Bertz CT molecular complexity index is 1600. The molecule has 0 spiro atoms. The fraction of sp³-hybridized carbons (Fsp3) is 0.185. The van der Waals surface area contributed by atoms with Gasteiger partial charge in [0.2, 0.25) is 5.76 Å². The summed E-state index contributed by atoms with van der Waals surface area (Å²) in [5.41, 5.74) is 2.20. The molecule has 4 aromatic rings. The molecular formula is C27H22N2O6S. The molecule has 1 aliphatic rings. The third-order valence-electron chi connectivity index (χ3n) is 5.94. The molecule has 36 heavy (non-hydrogen) atoms. The van der Waals surface area contributed by atoms with E-state index in [2.05, 4.69) is 11.6 Å². The van der Waals surface area contributed by atoms with E-state index in [0.29, 0.717) is 28.0 Å². The SMILES string of the molecule is C=CCOC(=O)c1sc(N2C(=O)c3oc4ccc(C)cc4c(=O)c3C2c2cccc(OC)c2)nc1C. The van der Waals surface area contributed by atoms with Crippen molar-refractivity contribution in [2.24, 2.45) is 0 Å². The van der Waals surface area contributed by atoms with Gasteiger partial charge in [-0.2, -0.15) is 0 Å². The van der Waals surface area contributed by atoms with Crippen LogP contribution in [-0.4, -0.2) is 30.6 Å². The number of esters is 1. The number of amides is 1. The Labute approximate surface area is 210 Å². The Balaban J connectivity index is 1.73. The molecule has 0 fully saturated rings. The van der Waals surface area contributed by atoms with Crippen molar-refractivity contribution < 1.29 is 23.5 Å². The zero-order chi connectivity index (χ0) is 25.6. The molecule has 0 aliphatic carbocycles. The number of methoxy groups -OCH3 is 1. The molecule has 2 aromatic carbocycles. The summed E-state index contributed by atoms with van der Waals surface area (Å²) in [4.78, 5) is 46.2. The maximum absolute atomic E-state index is 13.8. The van der Waals surface area contributed by atoms with Crippen LogP contribution in [0.5, 0.6) is 5.75 Å². The average molecular weight is 503 g/mol. The Morgan fingerprint density at radius 3 is 2.78 bits per heavy atom. The fourth-order valence-corrected chi connectivity index (χ4v) is 5.27. The highest BCUT2D eigenvalue weighted by molar-refractivity contribution is 7.17. The maximum Gasteiger partial charge on any atom is 0.350 e. The van der Waals surface area contributed by atoms with Crippen molar-refractivity contribution in [2.45, 2.75) is 19.9 Å². The summed E-state index contributed by atoms with van der Waals surface area (Å²) in [5, 5.41) is 0.641. The van der Waals surface area contributed by atoms with Crippen LogP contribution in [0.1, 0.15) is 48.7 Å². The number of benzene rings is 2. The Morgan fingerprint density at radius 1 is 1.22 bits per heavy atom. The van der Waals surface area contributed by atoms with Gasteiger partial charge >= 0.3 is 5.97 Å². The van der Waals surface area contributed by atoms with E-state index < -0.39 is 17.9 Å². The number of rotatable bonds is 6. The molecule has 182 valence electrons. The summed E-state index contributed by atoms with van der Waals surface area (Å²) in [5.74, 6) is -0.558. The lowest BCUT2D eigenvalue weighted by molar-refractivity contribution is 0.0554. The van der Waals surface area contributed by atoms with Gasteiger partial charge in [-0.25, -0.2) is 9.78 Å². The smallest absolute Gasteiger partial charge is 0.350 e. The van der Waals surface area contributed by atoms with Crippen molar-refractivity contribution in [2.75, 3.05) is 18.6 Å². The van der Waals surface area contributed by atoms with Crippen LogP contribution in [0, 0.1) is 13.8 Å². The molecule has 5 rings (SSSR count). The lowest BCUT2D eigenvalue weighted by atomic mass is 9.98. The largest absolute Gasteiger partial charge is 0.497 e. The highest BCUT2D eigenvalue weighted by Gasteiger charge is 2.45. The van der Waals surface area contributed by atoms with E-state index in [9.17, 15) is 14.4 Å². The normalized spacial score (nSPS) is 14.7. The third-order valence-corrected chi connectivity index (χ3v) is 7.08. The van der Waals surface area contributed by atoms with Crippen LogP contribution in [0.4, 0.5) is 5.13 Å². The fourth-order valence-electron chi connectivity index (χ4n) is 4.29. The lowest BCUT2D eigenvalue weighted by Gasteiger charge is -2.22. The molecule has 3 heterocycles. The van der Waals surface area contributed by atoms with Gasteiger partial charge in [0.05, 0.1) is 29.8 Å². The Kier molecular flexibility index (Phi) is 5.93. The molecular weight excluding hydrogens is 480 g/mol. The van der Waals surface area contributed by atoms with Crippen molar-refractivity contribution in [3.63, 3.8) is 0 Å². The molecule has 0 bridgehead atoms. The summed E-state index contributed by atoms with van der Waals surface area (Å²) in [6, 6.07) is 11.6. The van der Waals surface area contributed by atoms with Crippen LogP contribution in [-0.2, 0) is 4.74 Å². The van der Waals surface area contributed by atoms with Gasteiger partial charge in [-0.1, -0.05) is 47.8 Å². The van der Waals surface area contributed by atoms with Crippen LogP contribution < -0.4 is 15.1 Å². The Morgan fingerprint density at radius 2 is 2.03 bits per heavy atom. The second-order valence-corrected chi connectivity index (χ2v) is 9.30. The van der Waals surface area contributed by atoms with Gasteiger partial charge in [0.1, 0.15) is 22.8 Å². The topological polar surface area (TPSA) is 98.9 Å². The van der Waals surface area contributed by atoms with E-state index in [0.717, 1.165) is 16.9 Å². The van der Waals surface area contributed by atoms with Gasteiger partial charge in [-0.05, 0) is 43.7 Å². The number of hydrogen-bond acceptors (Lipinski definition) is 8. The van der Waals surface area contributed by atoms with Gasteiger partial charge in [0, 0.05) is 0 Å². The van der Waals surface area contributed by atoms with Crippen LogP contribution in [0.2, 0.25) is 0 Å². The first-order valence-electron chi connectivity index (χ1n) is 11.1. The number of carbonyl (C=O) groups excluding carboxylic acids is 2. The second-order valence-electron chi connectivity index (χ2n) is 8.33. The minimum atomic E-state index is -0.827. The summed E-state index contributed by atoms with van der Waals surface area (Å²) < 4.78 is 16.6. The monoisotopic (exact) mass is 502 g/mol. The molecule has 9 heteroatoms. The first kappa shape index (κ1) is 23.5. The third kappa shape index (κ3) is 3.77. The highest BCUT2D eigenvalue weighted by atomic mass is 32.1. The first-order valence-corrected chi connectivity index (χ1v) is 12.0. The van der Waals surface area contributed by atoms with Crippen LogP contribution in [0.3, 0.4) is 0 Å². The molecule has 0 saturated carbocycles. The number of nitrogens with zero attached hydrogens (tertiary/aromatic N) is 2. The minimum absolute atomic E-state index is 0.0483. The summed E-state index contributed by atoms with van der Waals surface area (Å²) in [7, 11) is 1.54. The Hall–Kier alpha value is -4.24. The first-order chi connectivity index (χ1) is 17.3. The van der Waals surface area contributed by atoms with Crippen molar-refractivity contribution in [3.05, 3.63) is 98.4 Å². The van der Waals surface area contributed by atoms with E-state index in [1.54, 1.807) is 44.4 Å². The van der Waals surface area contributed by atoms with Gasteiger partial charge in [-0.3, -0.25) is 14.5 Å². The predicted molar refractivity (Wildman–Crippen MR) is 136 cm³/mol. The van der Waals surface area contributed by atoms with Crippen molar-refractivity contribution in [3.8, 4) is 5.75 Å². The average Bonchev–Trinajstić information content (AvgIpc) is 3.40. The van der Waals surface area contributed by atoms with Gasteiger partial charge in [0.15, 0.2) is 10.6 Å². The molecule has 1 atom stereocenters. The van der Waals surface area contributed by atoms with Gasteiger partial charge in [-0.15, -0.1) is 0 Å². The molecule has 8 nitrogen and oxygen atoms in total. The van der Waals surface area contributed by atoms with Crippen molar-refractivity contribution in [1.29, 1.82) is 0 Å². The quantitative estimate of drug-likeness (QED) is 0.271. The molecule has 1 unspecified atom stereocenters. The number of aromatic nitrogens is 1. The highest BCUT2D eigenvalue weighted by Crippen LogP contribution is 2.43. The lowest BCUT2D eigenvalue weighted by Crippen LogP contribution is -2.29. The van der Waals surface area contributed by atoms with Crippen LogP contribution in [0.15, 0.2) is 64.3 Å². The number of ether oxygens (including phenoxy) is 2. The zero-order valence-corrected chi connectivity index (χ0v) is 20.7. The van der Waals surface area contributed by atoms with Crippen LogP contribution in [0.25, 0.3) is 11.0 Å². The number of fused-ring (bicyclic) bond motifs is 2. The summed E-state index contributed by atoms with van der Waals surface area (Å²) in [6.45, 7) is 7.15. The molecule has 2 aromatic heterocycles. The maximum atomic E-state index is 13.8. The zero-order valence-electron chi connectivity index (χ0n) is 19.9. The number of aryl methyl sites for hydroxylation is 2. The number of thiazole rings is 1. The second kappa shape index (κ2) is 9.09. The number of anilines is 1. The standard InChI is InChI=1S/C27H22N2O6S/c1-5-11-34-26(32)24-15(3)28-27(36-24)29-21(16-7-6-8-17(13-16)33-4)20-22(30)18-12-14(2)9-10-19(18)35-23(20)25(29)31/h5-10,12-13,21H,1,11H2,2-4H3. The van der Waals surface area contributed by atoms with E-state index in [1.807, 2.05) is 19.1 Å². The summed E-state index contributed by atoms with van der Waals surface area (Å²) >= 11 is 1.02. The van der Waals surface area contributed by atoms with E-state index in [4.69, 9.17) is 13.9 Å². The minimum Gasteiger partial charge on any atom is -0.497 e. The molecule has 1 amide bonds. The molecule has 1 aliphatic heterocycles. The molecule has 0 N–H and O–H groups in total. The van der Waals surface area contributed by atoms with Crippen LogP contribution >= 0.6 is 11.3 Å². The molecule has 0 saturated heterocycles. The van der Waals surface area contributed by atoms with Crippen molar-refractivity contribution >= 4 is 39.3 Å². The van der Waals surface area contributed by atoms with Gasteiger partial charge in [0.25, 0.3) is 5.91 Å².